The molecule has 0 atom stereocenters. The van der Waals surface area contributed by atoms with E-state index in [-0.39, 0.29) is 0 Å². The van der Waals surface area contributed by atoms with Crippen LogP contribution in [-0.4, -0.2) is 9.78 Å². The Morgan fingerprint density at radius 1 is 1.32 bits per heavy atom. The lowest BCUT2D eigenvalue weighted by Crippen LogP contribution is -2.06. The normalized spacial score (nSPS) is 11.9. The molecular weight excluding hydrogens is 277 g/mol. The highest BCUT2D eigenvalue weighted by Crippen LogP contribution is 2.31. The van der Waals surface area contributed by atoms with Crippen molar-refractivity contribution in [1.29, 1.82) is 0 Å². The van der Waals surface area contributed by atoms with Crippen LogP contribution in [0.1, 0.15) is 23.7 Å². The van der Waals surface area contributed by atoms with Crippen molar-refractivity contribution >= 4 is 11.6 Å². The Balaban J connectivity index is 2.54. The van der Waals surface area contributed by atoms with Crippen molar-refractivity contribution in [2.75, 3.05) is 0 Å². The zero-order valence-electron chi connectivity index (χ0n) is 10.4. The molecule has 2 rings (SSSR count). The van der Waals surface area contributed by atoms with Crippen LogP contribution in [0.25, 0.3) is 5.69 Å². The van der Waals surface area contributed by atoms with Crippen LogP contribution in [0.2, 0.25) is 5.15 Å². The van der Waals surface area contributed by atoms with E-state index in [0.29, 0.717) is 17.3 Å². The van der Waals surface area contributed by atoms with Crippen molar-refractivity contribution in [3.05, 3.63) is 46.2 Å². The van der Waals surface area contributed by atoms with Crippen molar-refractivity contribution in [1.82, 2.24) is 9.78 Å². The third kappa shape index (κ3) is 2.61. The minimum Gasteiger partial charge on any atom is -0.222 e. The molecule has 0 saturated heterocycles. The molecule has 1 aromatic carbocycles. The Morgan fingerprint density at radius 3 is 2.53 bits per heavy atom. The largest absolute Gasteiger partial charge is 0.416 e. The van der Waals surface area contributed by atoms with Crippen LogP contribution < -0.4 is 0 Å². The number of rotatable bonds is 2. The molecule has 1 heterocycles. The van der Waals surface area contributed by atoms with Crippen molar-refractivity contribution in [2.45, 2.75) is 26.4 Å². The van der Waals surface area contributed by atoms with Gasteiger partial charge in [0.25, 0.3) is 0 Å². The van der Waals surface area contributed by atoms with Gasteiger partial charge in [0.05, 0.1) is 16.9 Å². The Morgan fingerprint density at radius 2 is 2.00 bits per heavy atom. The lowest BCUT2D eigenvalue weighted by atomic mass is 10.2. The number of aryl methyl sites for hydroxylation is 1. The Hall–Kier alpha value is -1.49. The minimum absolute atomic E-state index is 0.308. The number of halogens is 4. The molecule has 2 nitrogen and oxygen atoms in total. The van der Waals surface area contributed by atoms with E-state index >= 15 is 0 Å². The summed E-state index contributed by atoms with van der Waals surface area (Å²) in [5, 5.41) is 4.55. The predicted octanol–water partition coefficient (Wildman–Crippen LogP) is 4.42. The van der Waals surface area contributed by atoms with Gasteiger partial charge in [-0.3, -0.25) is 0 Å². The zero-order chi connectivity index (χ0) is 14.2. The summed E-state index contributed by atoms with van der Waals surface area (Å²) in [6.07, 6.45) is -3.69. The molecule has 0 aliphatic rings. The van der Waals surface area contributed by atoms with Crippen LogP contribution in [0.3, 0.4) is 0 Å². The van der Waals surface area contributed by atoms with Gasteiger partial charge in [-0.2, -0.15) is 18.3 Å². The van der Waals surface area contributed by atoms with E-state index < -0.39 is 11.7 Å². The minimum atomic E-state index is -4.38. The van der Waals surface area contributed by atoms with Gasteiger partial charge in [-0.1, -0.05) is 24.6 Å². The van der Waals surface area contributed by atoms with Gasteiger partial charge in [0, 0.05) is 5.56 Å². The summed E-state index contributed by atoms with van der Waals surface area (Å²) in [7, 11) is 0. The Kier molecular flexibility index (Phi) is 3.58. The summed E-state index contributed by atoms with van der Waals surface area (Å²) in [6, 6.07) is 4.95. The van der Waals surface area contributed by atoms with E-state index in [2.05, 4.69) is 5.10 Å². The van der Waals surface area contributed by atoms with Gasteiger partial charge in [-0.05, 0) is 31.5 Å². The fourth-order valence-electron chi connectivity index (χ4n) is 1.92. The maximum absolute atomic E-state index is 12.7. The molecule has 0 N–H and O–H groups in total. The fourth-order valence-corrected chi connectivity index (χ4v) is 2.32. The average Bonchev–Trinajstić information content (AvgIpc) is 2.63. The molecule has 0 aliphatic carbocycles. The SMILES string of the molecule is CCc1c(C)nn(-c2cccc(C(F)(F)F)c2)c1Cl. The summed E-state index contributed by atoms with van der Waals surface area (Å²) < 4.78 is 39.4. The van der Waals surface area contributed by atoms with Gasteiger partial charge in [0.15, 0.2) is 0 Å². The van der Waals surface area contributed by atoms with Gasteiger partial charge < -0.3 is 0 Å². The van der Waals surface area contributed by atoms with Gasteiger partial charge in [-0.25, -0.2) is 4.68 Å². The van der Waals surface area contributed by atoms with Gasteiger partial charge in [-0.15, -0.1) is 0 Å². The molecule has 0 unspecified atom stereocenters. The molecule has 6 heteroatoms. The molecule has 102 valence electrons. The van der Waals surface area contributed by atoms with Crippen LogP contribution in [0.4, 0.5) is 13.2 Å². The first kappa shape index (κ1) is 13.9. The smallest absolute Gasteiger partial charge is 0.222 e. The van der Waals surface area contributed by atoms with Crippen LogP contribution in [0.15, 0.2) is 24.3 Å². The van der Waals surface area contributed by atoms with E-state index in [1.807, 2.05) is 6.92 Å². The number of alkyl halides is 3. The quantitative estimate of drug-likeness (QED) is 0.800. The van der Waals surface area contributed by atoms with E-state index in [9.17, 15) is 13.2 Å². The topological polar surface area (TPSA) is 17.8 Å². The standard InChI is InChI=1S/C13H12ClF3N2/c1-3-11-8(2)18-19(12(11)14)10-6-4-5-9(7-10)13(15,16)17/h4-7H,3H2,1-2H3. The first-order chi connectivity index (χ1) is 8.84. The van der Waals surface area contributed by atoms with E-state index in [1.165, 1.54) is 10.7 Å². The monoisotopic (exact) mass is 288 g/mol. The summed E-state index contributed by atoms with van der Waals surface area (Å²) in [5.74, 6) is 0. The summed E-state index contributed by atoms with van der Waals surface area (Å²) in [5.41, 5.74) is 1.17. The highest BCUT2D eigenvalue weighted by molar-refractivity contribution is 6.30. The molecule has 2 aromatic rings. The molecular formula is C13H12ClF3N2. The third-order valence-electron chi connectivity index (χ3n) is 2.89. The van der Waals surface area contributed by atoms with E-state index in [1.54, 1.807) is 13.0 Å². The molecule has 0 amide bonds. The first-order valence-corrected chi connectivity index (χ1v) is 6.14. The summed E-state index contributed by atoms with van der Waals surface area (Å²) in [4.78, 5) is 0. The van der Waals surface area contributed by atoms with Crippen LogP contribution in [0.5, 0.6) is 0 Å². The van der Waals surface area contributed by atoms with Crippen LogP contribution in [0, 0.1) is 6.92 Å². The molecule has 0 fully saturated rings. The molecule has 0 aliphatic heterocycles. The molecule has 0 bridgehead atoms. The molecule has 0 radical (unpaired) electrons. The number of benzene rings is 1. The van der Waals surface area contributed by atoms with Crippen LogP contribution >= 0.6 is 11.6 Å². The van der Waals surface area contributed by atoms with Gasteiger partial charge >= 0.3 is 6.18 Å². The van der Waals surface area contributed by atoms with Crippen molar-refractivity contribution < 1.29 is 13.2 Å². The molecule has 0 spiro atoms. The number of aromatic nitrogens is 2. The lowest BCUT2D eigenvalue weighted by molar-refractivity contribution is -0.137. The van der Waals surface area contributed by atoms with Crippen molar-refractivity contribution in [3.8, 4) is 5.69 Å². The lowest BCUT2D eigenvalue weighted by Gasteiger charge is -2.09. The van der Waals surface area contributed by atoms with Gasteiger partial charge in [0.2, 0.25) is 0 Å². The average molecular weight is 289 g/mol. The third-order valence-corrected chi connectivity index (χ3v) is 3.28. The van der Waals surface area contributed by atoms with E-state index in [4.69, 9.17) is 11.6 Å². The second-order valence-electron chi connectivity index (χ2n) is 4.17. The Labute approximate surface area is 113 Å². The zero-order valence-corrected chi connectivity index (χ0v) is 11.2. The fraction of sp³-hybridized carbons (Fsp3) is 0.308. The molecule has 1 aromatic heterocycles. The molecule has 19 heavy (non-hydrogen) atoms. The van der Waals surface area contributed by atoms with Gasteiger partial charge in [0.1, 0.15) is 5.15 Å². The highest BCUT2D eigenvalue weighted by Gasteiger charge is 2.30. The van der Waals surface area contributed by atoms with Crippen molar-refractivity contribution in [2.24, 2.45) is 0 Å². The summed E-state index contributed by atoms with van der Waals surface area (Å²) >= 11 is 6.15. The van der Waals surface area contributed by atoms with Crippen LogP contribution in [-0.2, 0) is 12.6 Å². The summed E-state index contributed by atoms with van der Waals surface area (Å²) in [6.45, 7) is 3.71. The Bertz CT molecular complexity index is 602. The number of hydrogen-bond donors (Lipinski definition) is 0. The second kappa shape index (κ2) is 4.89. The maximum atomic E-state index is 12.7. The highest BCUT2D eigenvalue weighted by atomic mass is 35.5. The first-order valence-electron chi connectivity index (χ1n) is 5.76. The number of hydrogen-bond acceptors (Lipinski definition) is 1. The van der Waals surface area contributed by atoms with Crippen molar-refractivity contribution in [3.63, 3.8) is 0 Å². The number of nitrogens with zero attached hydrogens (tertiary/aromatic N) is 2. The maximum Gasteiger partial charge on any atom is 0.416 e. The second-order valence-corrected chi connectivity index (χ2v) is 4.53. The predicted molar refractivity (Wildman–Crippen MR) is 67.7 cm³/mol. The molecule has 0 saturated carbocycles. The van der Waals surface area contributed by atoms with E-state index in [0.717, 1.165) is 23.4 Å².